The van der Waals surface area contributed by atoms with E-state index in [0.29, 0.717) is 6.42 Å². The number of aryl methyl sites for hydroxylation is 2. The minimum atomic E-state index is -0.790. The van der Waals surface area contributed by atoms with Crippen molar-refractivity contribution >= 4 is 5.97 Å². The molecule has 3 heteroatoms. The van der Waals surface area contributed by atoms with Gasteiger partial charge in [0.25, 0.3) is 0 Å². The number of nitrogens with zero attached hydrogens (tertiary/aromatic N) is 1. The van der Waals surface area contributed by atoms with Crippen molar-refractivity contribution in [2.24, 2.45) is 0 Å². The van der Waals surface area contributed by atoms with Gasteiger partial charge in [-0.2, -0.15) is 0 Å². The second-order valence-corrected chi connectivity index (χ2v) is 6.03. The van der Waals surface area contributed by atoms with E-state index >= 15 is 0 Å². The summed E-state index contributed by atoms with van der Waals surface area (Å²) in [6.07, 6.45) is 4.05. The maximum atomic E-state index is 11.7. The second-order valence-electron chi connectivity index (χ2n) is 6.03. The molecule has 104 valence electrons. The Morgan fingerprint density at radius 1 is 1.32 bits per heavy atom. The molecule has 0 radical (unpaired) electrons. The van der Waals surface area contributed by atoms with Crippen molar-refractivity contribution < 1.29 is 9.90 Å². The highest BCUT2D eigenvalue weighted by molar-refractivity contribution is 5.81. The number of benzene rings is 1. The highest BCUT2D eigenvalue weighted by Gasteiger charge is 2.35. The number of aliphatic carboxylic acids is 1. The summed E-state index contributed by atoms with van der Waals surface area (Å²) in [4.78, 5) is 13.8. The lowest BCUT2D eigenvalue weighted by Crippen LogP contribution is -2.35. The Bertz CT molecular complexity index is 482. The lowest BCUT2D eigenvalue weighted by Gasteiger charge is -2.27. The molecule has 3 nitrogen and oxygen atoms in total. The van der Waals surface area contributed by atoms with E-state index in [1.807, 2.05) is 32.0 Å². The van der Waals surface area contributed by atoms with Gasteiger partial charge < -0.3 is 10.0 Å². The molecule has 0 saturated carbocycles. The van der Waals surface area contributed by atoms with E-state index < -0.39 is 11.4 Å². The summed E-state index contributed by atoms with van der Waals surface area (Å²) in [6, 6.07) is 6.24. The van der Waals surface area contributed by atoms with Crippen LogP contribution in [-0.2, 0) is 23.1 Å². The zero-order valence-corrected chi connectivity index (χ0v) is 12.1. The average molecular weight is 261 g/mol. The van der Waals surface area contributed by atoms with Crippen molar-refractivity contribution in [3.63, 3.8) is 0 Å². The smallest absolute Gasteiger partial charge is 0.313 e. The molecule has 0 aliphatic heterocycles. The van der Waals surface area contributed by atoms with E-state index in [1.165, 1.54) is 17.5 Å². The van der Waals surface area contributed by atoms with E-state index in [0.717, 1.165) is 24.9 Å². The molecule has 1 unspecified atom stereocenters. The SMILES string of the molecule is CN(C)CCC(C)(C(=O)O)c1ccc2c(c1)CCC2. The van der Waals surface area contributed by atoms with Gasteiger partial charge in [0.05, 0.1) is 5.41 Å². The minimum absolute atomic E-state index is 0.633. The van der Waals surface area contributed by atoms with Crippen molar-refractivity contribution in [3.05, 3.63) is 34.9 Å². The molecule has 0 heterocycles. The van der Waals surface area contributed by atoms with E-state index in [9.17, 15) is 9.90 Å². The molecule has 2 rings (SSSR count). The van der Waals surface area contributed by atoms with Crippen LogP contribution in [-0.4, -0.2) is 36.6 Å². The average Bonchev–Trinajstić information content (AvgIpc) is 2.82. The molecule has 1 atom stereocenters. The van der Waals surface area contributed by atoms with Crippen molar-refractivity contribution in [1.82, 2.24) is 4.90 Å². The number of carboxylic acid groups (broad SMARTS) is 1. The van der Waals surface area contributed by atoms with Gasteiger partial charge in [-0.1, -0.05) is 18.2 Å². The highest BCUT2D eigenvalue weighted by atomic mass is 16.4. The monoisotopic (exact) mass is 261 g/mol. The van der Waals surface area contributed by atoms with Gasteiger partial charge in [0.2, 0.25) is 0 Å². The van der Waals surface area contributed by atoms with Crippen LogP contribution in [0.4, 0.5) is 0 Å². The fraction of sp³-hybridized carbons (Fsp3) is 0.562. The number of hydrogen-bond acceptors (Lipinski definition) is 2. The Morgan fingerprint density at radius 3 is 2.63 bits per heavy atom. The standard InChI is InChI=1S/C16H23NO2/c1-16(15(18)19,9-10-17(2)3)14-8-7-12-5-4-6-13(12)11-14/h7-8,11H,4-6,9-10H2,1-3H3,(H,18,19). The molecule has 0 spiro atoms. The van der Waals surface area contributed by atoms with Crippen LogP contribution in [0.25, 0.3) is 0 Å². The first-order chi connectivity index (χ1) is 8.93. The summed E-state index contributed by atoms with van der Waals surface area (Å²) in [7, 11) is 3.95. The summed E-state index contributed by atoms with van der Waals surface area (Å²) < 4.78 is 0. The number of rotatable bonds is 5. The fourth-order valence-corrected chi connectivity index (χ4v) is 2.74. The van der Waals surface area contributed by atoms with Crippen LogP contribution in [0.2, 0.25) is 0 Å². The van der Waals surface area contributed by atoms with Crippen molar-refractivity contribution in [2.75, 3.05) is 20.6 Å². The summed E-state index contributed by atoms with van der Waals surface area (Å²) in [6.45, 7) is 2.62. The highest BCUT2D eigenvalue weighted by Crippen LogP contribution is 2.32. The van der Waals surface area contributed by atoms with Gasteiger partial charge in [-0.15, -0.1) is 0 Å². The molecule has 1 N–H and O–H groups in total. The van der Waals surface area contributed by atoms with Crippen LogP contribution in [0.15, 0.2) is 18.2 Å². The molecule has 0 amide bonds. The second kappa shape index (κ2) is 5.33. The molecule has 1 aliphatic carbocycles. The molecule has 0 aromatic heterocycles. The van der Waals surface area contributed by atoms with Gasteiger partial charge in [-0.25, -0.2) is 0 Å². The molecule has 0 bridgehead atoms. The minimum Gasteiger partial charge on any atom is -0.481 e. The molecule has 1 aliphatic rings. The topological polar surface area (TPSA) is 40.5 Å². The zero-order valence-electron chi connectivity index (χ0n) is 12.1. The molecular weight excluding hydrogens is 238 g/mol. The normalized spacial score (nSPS) is 17.3. The number of fused-ring (bicyclic) bond motifs is 1. The molecule has 1 aromatic rings. The maximum Gasteiger partial charge on any atom is 0.313 e. The van der Waals surface area contributed by atoms with E-state index in [1.54, 1.807) is 0 Å². The van der Waals surface area contributed by atoms with Crippen LogP contribution in [0.5, 0.6) is 0 Å². The van der Waals surface area contributed by atoms with Crippen molar-refractivity contribution in [3.8, 4) is 0 Å². The fourth-order valence-electron chi connectivity index (χ4n) is 2.74. The quantitative estimate of drug-likeness (QED) is 0.885. The third kappa shape index (κ3) is 2.81. The third-order valence-electron chi connectivity index (χ3n) is 4.27. The molecule has 0 fully saturated rings. The Morgan fingerprint density at radius 2 is 2.00 bits per heavy atom. The first-order valence-electron chi connectivity index (χ1n) is 6.94. The Labute approximate surface area is 115 Å². The summed E-state index contributed by atoms with van der Waals surface area (Å²) in [5, 5.41) is 9.63. The van der Waals surface area contributed by atoms with Gasteiger partial charge in [0.1, 0.15) is 0 Å². The van der Waals surface area contributed by atoms with Crippen LogP contribution in [0.3, 0.4) is 0 Å². The Hall–Kier alpha value is -1.35. The number of carboxylic acids is 1. The van der Waals surface area contributed by atoms with Gasteiger partial charge in [0, 0.05) is 0 Å². The lowest BCUT2D eigenvalue weighted by molar-refractivity contribution is -0.143. The van der Waals surface area contributed by atoms with Gasteiger partial charge in [0.15, 0.2) is 0 Å². The first-order valence-corrected chi connectivity index (χ1v) is 6.94. The van der Waals surface area contributed by atoms with Crippen molar-refractivity contribution in [2.45, 2.75) is 38.0 Å². The van der Waals surface area contributed by atoms with Gasteiger partial charge in [-0.3, -0.25) is 4.79 Å². The summed E-state index contributed by atoms with van der Waals surface area (Å²) >= 11 is 0. The predicted molar refractivity (Wildman–Crippen MR) is 76.6 cm³/mol. The van der Waals surface area contributed by atoms with Crippen molar-refractivity contribution in [1.29, 1.82) is 0 Å². The molecular formula is C16H23NO2. The Balaban J connectivity index is 2.30. The number of carbonyl (C=O) groups is 1. The van der Waals surface area contributed by atoms with Crippen LogP contribution >= 0.6 is 0 Å². The van der Waals surface area contributed by atoms with E-state index in [-0.39, 0.29) is 0 Å². The molecule has 0 saturated heterocycles. The van der Waals surface area contributed by atoms with Gasteiger partial charge >= 0.3 is 5.97 Å². The predicted octanol–water partition coefficient (Wildman–Crippen LogP) is 2.47. The van der Waals surface area contributed by atoms with E-state index in [2.05, 4.69) is 12.1 Å². The zero-order chi connectivity index (χ0) is 14.0. The van der Waals surface area contributed by atoms with Gasteiger partial charge in [-0.05, 0) is 69.9 Å². The van der Waals surface area contributed by atoms with Crippen LogP contribution in [0.1, 0.15) is 36.5 Å². The first kappa shape index (κ1) is 14.1. The third-order valence-corrected chi connectivity index (χ3v) is 4.27. The van der Waals surface area contributed by atoms with Crippen LogP contribution in [0, 0.1) is 0 Å². The maximum absolute atomic E-state index is 11.7. The van der Waals surface area contributed by atoms with Crippen LogP contribution < -0.4 is 0 Å². The molecule has 19 heavy (non-hydrogen) atoms. The molecule has 1 aromatic carbocycles. The van der Waals surface area contributed by atoms with E-state index in [4.69, 9.17) is 0 Å². The number of hydrogen-bond donors (Lipinski definition) is 1. The largest absolute Gasteiger partial charge is 0.481 e. The summed E-state index contributed by atoms with van der Waals surface area (Å²) in [5.74, 6) is -0.729. The summed E-state index contributed by atoms with van der Waals surface area (Å²) in [5.41, 5.74) is 2.89. The lowest BCUT2D eigenvalue weighted by atomic mass is 9.78. The Kier molecular flexibility index (Phi) is 3.95.